The van der Waals surface area contributed by atoms with Crippen molar-refractivity contribution in [3.05, 3.63) is 42.1 Å². The van der Waals surface area contributed by atoms with Crippen molar-refractivity contribution in [3.63, 3.8) is 0 Å². The normalized spacial score (nSPS) is 10.6. The standard InChI is InChI=1S/C15H20N4O2/c1-19(2)11-12-10-14(18-17-12)16-15(20)8-9-21-13-6-4-3-5-7-13/h3-7,10H,8-9,11H2,1-2H3,(H2,16,17,18,20). The number of nitrogens with one attached hydrogen (secondary N) is 2. The Morgan fingerprint density at radius 3 is 2.81 bits per heavy atom. The maximum Gasteiger partial charge on any atom is 0.229 e. The van der Waals surface area contributed by atoms with Gasteiger partial charge in [0.05, 0.1) is 18.7 Å². The van der Waals surface area contributed by atoms with Gasteiger partial charge in [0.25, 0.3) is 0 Å². The number of para-hydroxylation sites is 1. The highest BCUT2D eigenvalue weighted by Crippen LogP contribution is 2.09. The van der Waals surface area contributed by atoms with Crippen LogP contribution in [0.15, 0.2) is 36.4 Å². The summed E-state index contributed by atoms with van der Waals surface area (Å²) in [5.74, 6) is 1.18. The summed E-state index contributed by atoms with van der Waals surface area (Å²) in [6, 6.07) is 11.3. The maximum atomic E-state index is 11.8. The zero-order chi connectivity index (χ0) is 15.1. The lowest BCUT2D eigenvalue weighted by Gasteiger charge is -2.06. The molecule has 2 rings (SSSR count). The number of aromatic amines is 1. The molecule has 1 amide bonds. The van der Waals surface area contributed by atoms with Crippen molar-refractivity contribution in [2.45, 2.75) is 13.0 Å². The van der Waals surface area contributed by atoms with Crippen LogP contribution in [0.1, 0.15) is 12.1 Å². The van der Waals surface area contributed by atoms with E-state index < -0.39 is 0 Å². The number of carbonyl (C=O) groups excluding carboxylic acids is 1. The summed E-state index contributed by atoms with van der Waals surface area (Å²) < 4.78 is 5.48. The molecule has 1 aromatic heterocycles. The van der Waals surface area contributed by atoms with Gasteiger partial charge < -0.3 is 15.0 Å². The van der Waals surface area contributed by atoms with Crippen molar-refractivity contribution in [2.24, 2.45) is 0 Å². The molecular weight excluding hydrogens is 268 g/mol. The fourth-order valence-electron chi connectivity index (χ4n) is 1.83. The summed E-state index contributed by atoms with van der Waals surface area (Å²) in [6.45, 7) is 1.09. The molecule has 0 unspecified atom stereocenters. The van der Waals surface area contributed by atoms with E-state index in [0.717, 1.165) is 18.0 Å². The summed E-state index contributed by atoms with van der Waals surface area (Å²) in [5.41, 5.74) is 0.954. The van der Waals surface area contributed by atoms with Gasteiger partial charge in [0, 0.05) is 12.6 Å². The second kappa shape index (κ2) is 7.44. The molecule has 0 spiro atoms. The fraction of sp³-hybridized carbons (Fsp3) is 0.333. The zero-order valence-electron chi connectivity index (χ0n) is 12.3. The largest absolute Gasteiger partial charge is 0.493 e. The number of hydrogen-bond acceptors (Lipinski definition) is 4. The third-order valence-electron chi connectivity index (χ3n) is 2.73. The molecule has 1 aromatic carbocycles. The molecule has 0 aliphatic carbocycles. The van der Waals surface area contributed by atoms with Gasteiger partial charge in [-0.1, -0.05) is 18.2 Å². The molecule has 0 fully saturated rings. The number of ether oxygens (including phenoxy) is 1. The molecule has 0 aliphatic rings. The summed E-state index contributed by atoms with van der Waals surface area (Å²) in [7, 11) is 3.94. The Bertz CT molecular complexity index is 566. The summed E-state index contributed by atoms with van der Waals surface area (Å²) >= 11 is 0. The van der Waals surface area contributed by atoms with Crippen molar-refractivity contribution >= 4 is 11.7 Å². The van der Waals surface area contributed by atoms with E-state index in [2.05, 4.69) is 15.5 Å². The number of anilines is 1. The lowest BCUT2D eigenvalue weighted by Crippen LogP contribution is -2.15. The monoisotopic (exact) mass is 288 g/mol. The lowest BCUT2D eigenvalue weighted by atomic mass is 10.3. The molecule has 21 heavy (non-hydrogen) atoms. The third kappa shape index (κ3) is 5.27. The zero-order valence-corrected chi connectivity index (χ0v) is 12.3. The highest BCUT2D eigenvalue weighted by atomic mass is 16.5. The van der Waals surface area contributed by atoms with Gasteiger partial charge in [0.2, 0.25) is 5.91 Å². The molecule has 0 aliphatic heterocycles. The Morgan fingerprint density at radius 1 is 1.33 bits per heavy atom. The van der Waals surface area contributed by atoms with Crippen molar-refractivity contribution < 1.29 is 9.53 Å². The van der Waals surface area contributed by atoms with Crippen LogP contribution in [0.3, 0.4) is 0 Å². The van der Waals surface area contributed by atoms with Gasteiger partial charge in [0.15, 0.2) is 5.82 Å². The minimum Gasteiger partial charge on any atom is -0.493 e. The van der Waals surface area contributed by atoms with E-state index in [1.165, 1.54) is 0 Å². The van der Waals surface area contributed by atoms with Gasteiger partial charge in [-0.05, 0) is 26.2 Å². The maximum absolute atomic E-state index is 11.8. The van der Waals surface area contributed by atoms with Crippen LogP contribution < -0.4 is 10.1 Å². The number of carbonyl (C=O) groups is 1. The van der Waals surface area contributed by atoms with E-state index in [1.54, 1.807) is 0 Å². The lowest BCUT2D eigenvalue weighted by molar-refractivity contribution is -0.116. The predicted octanol–water partition coefficient (Wildman–Crippen LogP) is 1.88. The van der Waals surface area contributed by atoms with Crippen LogP contribution in [-0.4, -0.2) is 41.7 Å². The summed E-state index contributed by atoms with van der Waals surface area (Å²) in [4.78, 5) is 13.8. The van der Waals surface area contributed by atoms with Gasteiger partial charge in [0.1, 0.15) is 5.75 Å². The fourth-order valence-corrected chi connectivity index (χ4v) is 1.83. The smallest absolute Gasteiger partial charge is 0.229 e. The first-order valence-corrected chi connectivity index (χ1v) is 6.80. The van der Waals surface area contributed by atoms with Gasteiger partial charge in [-0.25, -0.2) is 0 Å². The second-order valence-corrected chi connectivity index (χ2v) is 4.98. The van der Waals surface area contributed by atoms with E-state index in [0.29, 0.717) is 12.4 Å². The van der Waals surface area contributed by atoms with Crippen LogP contribution in [0, 0.1) is 0 Å². The highest BCUT2D eigenvalue weighted by molar-refractivity contribution is 5.89. The molecule has 0 saturated carbocycles. The molecule has 0 atom stereocenters. The molecule has 6 heteroatoms. The van der Waals surface area contributed by atoms with Crippen LogP contribution in [0.5, 0.6) is 5.75 Å². The van der Waals surface area contributed by atoms with Crippen molar-refractivity contribution in [1.82, 2.24) is 15.1 Å². The molecule has 0 bridgehead atoms. The first kappa shape index (κ1) is 15.1. The molecule has 112 valence electrons. The summed E-state index contributed by atoms with van der Waals surface area (Å²) in [6.07, 6.45) is 0.283. The van der Waals surface area contributed by atoms with Gasteiger partial charge >= 0.3 is 0 Å². The Hall–Kier alpha value is -2.34. The Labute approximate surface area is 124 Å². The molecular formula is C15H20N4O2. The molecule has 6 nitrogen and oxygen atoms in total. The Morgan fingerprint density at radius 2 is 2.10 bits per heavy atom. The van der Waals surface area contributed by atoms with E-state index in [9.17, 15) is 4.79 Å². The number of aromatic nitrogens is 2. The van der Waals surface area contributed by atoms with Crippen LogP contribution in [-0.2, 0) is 11.3 Å². The van der Waals surface area contributed by atoms with Crippen LogP contribution in [0.25, 0.3) is 0 Å². The molecule has 1 heterocycles. The summed E-state index contributed by atoms with van der Waals surface area (Å²) in [5, 5.41) is 9.68. The number of rotatable bonds is 7. The first-order chi connectivity index (χ1) is 10.1. The Kier molecular flexibility index (Phi) is 5.34. The second-order valence-electron chi connectivity index (χ2n) is 4.98. The average Bonchev–Trinajstić information content (AvgIpc) is 2.86. The molecule has 0 saturated heterocycles. The van der Waals surface area contributed by atoms with Crippen molar-refractivity contribution in [3.8, 4) is 5.75 Å². The van der Waals surface area contributed by atoms with Crippen LogP contribution >= 0.6 is 0 Å². The number of hydrogen-bond donors (Lipinski definition) is 2. The van der Waals surface area contributed by atoms with Gasteiger partial charge in [-0.3, -0.25) is 9.89 Å². The predicted molar refractivity (Wildman–Crippen MR) is 81.2 cm³/mol. The van der Waals surface area contributed by atoms with E-state index in [4.69, 9.17) is 4.74 Å². The van der Waals surface area contributed by atoms with E-state index in [-0.39, 0.29) is 12.3 Å². The van der Waals surface area contributed by atoms with Crippen LogP contribution in [0.4, 0.5) is 5.82 Å². The quantitative estimate of drug-likeness (QED) is 0.816. The molecule has 2 N–H and O–H groups in total. The van der Waals surface area contributed by atoms with Crippen molar-refractivity contribution in [2.75, 3.05) is 26.0 Å². The minimum atomic E-state index is -0.117. The van der Waals surface area contributed by atoms with Gasteiger partial charge in [-0.15, -0.1) is 0 Å². The van der Waals surface area contributed by atoms with Crippen LogP contribution in [0.2, 0.25) is 0 Å². The SMILES string of the molecule is CN(C)Cc1cc(NC(=O)CCOc2ccccc2)n[nH]1. The first-order valence-electron chi connectivity index (χ1n) is 6.80. The molecule has 2 aromatic rings. The Balaban J connectivity index is 1.73. The van der Waals surface area contributed by atoms with Gasteiger partial charge in [-0.2, -0.15) is 5.10 Å². The molecule has 0 radical (unpaired) electrons. The van der Waals surface area contributed by atoms with Crippen molar-refractivity contribution in [1.29, 1.82) is 0 Å². The van der Waals surface area contributed by atoms with E-state index in [1.807, 2.05) is 55.4 Å². The highest BCUT2D eigenvalue weighted by Gasteiger charge is 2.07. The minimum absolute atomic E-state index is 0.117. The number of benzene rings is 1. The third-order valence-corrected chi connectivity index (χ3v) is 2.73. The topological polar surface area (TPSA) is 70.2 Å². The van der Waals surface area contributed by atoms with E-state index >= 15 is 0 Å². The number of nitrogens with zero attached hydrogens (tertiary/aromatic N) is 2. The number of amides is 1. The average molecular weight is 288 g/mol. The number of H-pyrrole nitrogens is 1.